The Morgan fingerprint density at radius 2 is 2.00 bits per heavy atom. The van der Waals surface area contributed by atoms with E-state index in [1.807, 2.05) is 0 Å². The van der Waals surface area contributed by atoms with E-state index in [4.69, 9.17) is 9.47 Å². The summed E-state index contributed by atoms with van der Waals surface area (Å²) in [6.45, 7) is 0.665. The molecule has 0 spiro atoms. The molecule has 11 nitrogen and oxygen atoms in total. The number of halogens is 1. The molecule has 174 valence electrons. The number of amides is 1. The van der Waals surface area contributed by atoms with Crippen molar-refractivity contribution in [1.82, 2.24) is 14.6 Å². The first-order valence-corrected chi connectivity index (χ1v) is 12.1. The number of ether oxygens (including phenoxy) is 2. The highest BCUT2D eigenvalue weighted by molar-refractivity contribution is 7.92. The van der Waals surface area contributed by atoms with Crippen molar-refractivity contribution < 1.29 is 27.1 Å². The molecule has 13 heteroatoms. The van der Waals surface area contributed by atoms with Crippen molar-refractivity contribution in [1.29, 1.82) is 0 Å². The van der Waals surface area contributed by atoms with Crippen molar-refractivity contribution in [2.24, 2.45) is 5.92 Å². The van der Waals surface area contributed by atoms with Gasteiger partial charge in [0.05, 0.1) is 23.4 Å². The number of benzene rings is 1. The minimum atomic E-state index is -3.00. The second-order valence-corrected chi connectivity index (χ2v) is 10.0. The maximum atomic E-state index is 14.1. The van der Waals surface area contributed by atoms with Gasteiger partial charge in [-0.05, 0) is 5.92 Å². The second kappa shape index (κ2) is 8.06. The number of carbonyl (C=O) groups is 1. The van der Waals surface area contributed by atoms with Crippen LogP contribution in [-0.2, 0) is 14.6 Å². The highest BCUT2D eigenvalue weighted by atomic mass is 32.2. The molecule has 2 aliphatic rings. The Kier molecular flexibility index (Phi) is 5.19. The van der Waals surface area contributed by atoms with Gasteiger partial charge in [-0.15, -0.1) is 0 Å². The van der Waals surface area contributed by atoms with E-state index in [9.17, 15) is 17.6 Å². The van der Waals surface area contributed by atoms with Crippen molar-refractivity contribution >= 4 is 44.4 Å². The number of nitrogens with one attached hydrogen (secondary N) is 3. The Morgan fingerprint density at radius 1 is 1.21 bits per heavy atom. The molecule has 1 saturated heterocycles. The zero-order valence-corrected chi connectivity index (χ0v) is 18.4. The van der Waals surface area contributed by atoms with Gasteiger partial charge >= 0.3 is 0 Å². The third kappa shape index (κ3) is 4.23. The van der Waals surface area contributed by atoms with Crippen molar-refractivity contribution in [3.63, 3.8) is 0 Å². The number of nitrogens with zero attached hydrogens (tertiary/aromatic N) is 3. The lowest BCUT2D eigenvalue weighted by molar-refractivity contribution is -0.116. The van der Waals surface area contributed by atoms with E-state index in [0.29, 0.717) is 53.4 Å². The normalized spacial score (nSPS) is 16.8. The van der Waals surface area contributed by atoms with E-state index < -0.39 is 15.7 Å². The third-order valence-corrected chi connectivity index (χ3v) is 7.28. The molecular weight excluding hydrogens is 455 g/mol. The van der Waals surface area contributed by atoms with E-state index in [1.54, 1.807) is 13.1 Å². The van der Waals surface area contributed by atoms with Gasteiger partial charge in [0, 0.05) is 31.7 Å². The number of rotatable bonds is 6. The smallest absolute Gasteiger partial charge is 0.224 e. The van der Waals surface area contributed by atoms with Gasteiger partial charge in [0.25, 0.3) is 0 Å². The molecule has 1 aromatic carbocycles. The van der Waals surface area contributed by atoms with Crippen LogP contribution in [0.5, 0.6) is 11.5 Å². The molecule has 0 atom stereocenters. The molecule has 1 amide bonds. The maximum Gasteiger partial charge on any atom is 0.224 e. The predicted octanol–water partition coefficient (Wildman–Crippen LogP) is 1.80. The molecule has 33 heavy (non-hydrogen) atoms. The zero-order chi connectivity index (χ0) is 23.2. The lowest BCUT2D eigenvalue weighted by atomic mass is 10.1. The van der Waals surface area contributed by atoms with Gasteiger partial charge in [0.2, 0.25) is 5.91 Å². The molecule has 0 saturated carbocycles. The molecule has 0 radical (unpaired) electrons. The third-order valence-electron chi connectivity index (χ3n) is 5.33. The van der Waals surface area contributed by atoms with Crippen LogP contribution in [-0.4, -0.2) is 60.7 Å². The summed E-state index contributed by atoms with van der Waals surface area (Å²) in [5, 5.41) is 13.1. The summed E-state index contributed by atoms with van der Waals surface area (Å²) < 4.78 is 49.4. The molecule has 3 N–H and O–H groups in total. The van der Waals surface area contributed by atoms with Crippen molar-refractivity contribution in [3.05, 3.63) is 30.2 Å². The lowest BCUT2D eigenvalue weighted by Crippen LogP contribution is -2.38. The van der Waals surface area contributed by atoms with E-state index in [-0.39, 0.29) is 29.8 Å². The Bertz CT molecular complexity index is 1350. The molecule has 0 bridgehead atoms. The molecule has 2 aliphatic heterocycles. The lowest BCUT2D eigenvalue weighted by Gasteiger charge is -2.24. The van der Waals surface area contributed by atoms with Gasteiger partial charge in [-0.3, -0.25) is 4.79 Å². The molecule has 2 aromatic heterocycles. The zero-order valence-electron chi connectivity index (χ0n) is 17.6. The predicted molar refractivity (Wildman–Crippen MR) is 119 cm³/mol. The van der Waals surface area contributed by atoms with Crippen molar-refractivity contribution in [3.8, 4) is 11.5 Å². The van der Waals surface area contributed by atoms with Crippen molar-refractivity contribution in [2.75, 3.05) is 47.7 Å². The SMILES string of the molecule is CNc1cc(Nc2cc(F)cc3c2OCCO3)nc2c(NC(=O)CC3CS(=O)(=O)C3)cnn12. The Labute approximate surface area is 188 Å². The monoisotopic (exact) mass is 476 g/mol. The van der Waals surface area contributed by atoms with Gasteiger partial charge in [-0.1, -0.05) is 0 Å². The van der Waals surface area contributed by atoms with E-state index in [2.05, 4.69) is 26.0 Å². The summed E-state index contributed by atoms with van der Waals surface area (Å²) in [5.41, 5.74) is 1.06. The fourth-order valence-electron chi connectivity index (χ4n) is 3.89. The largest absolute Gasteiger partial charge is 0.486 e. The minimum absolute atomic E-state index is 0.0230. The number of carbonyl (C=O) groups excluding carboxylic acids is 1. The second-order valence-electron chi connectivity index (χ2n) is 7.87. The highest BCUT2D eigenvalue weighted by Crippen LogP contribution is 2.40. The average Bonchev–Trinajstić information content (AvgIpc) is 3.14. The number of hydrogen-bond donors (Lipinski definition) is 3. The first-order chi connectivity index (χ1) is 15.8. The molecule has 0 aliphatic carbocycles. The number of aromatic nitrogens is 3. The fraction of sp³-hybridized carbons (Fsp3) is 0.350. The quantitative estimate of drug-likeness (QED) is 0.486. The van der Waals surface area contributed by atoms with Crippen LogP contribution in [0, 0.1) is 11.7 Å². The maximum absolute atomic E-state index is 14.1. The van der Waals surface area contributed by atoms with Crippen LogP contribution in [0.15, 0.2) is 24.4 Å². The van der Waals surface area contributed by atoms with Gasteiger partial charge in [0.15, 0.2) is 27.0 Å². The molecule has 4 heterocycles. The first kappa shape index (κ1) is 21.2. The summed E-state index contributed by atoms with van der Waals surface area (Å²) in [6.07, 6.45) is 1.56. The van der Waals surface area contributed by atoms with E-state index in [0.717, 1.165) is 0 Å². The van der Waals surface area contributed by atoms with Crippen LogP contribution in [0.25, 0.3) is 5.65 Å². The fourth-order valence-corrected chi connectivity index (χ4v) is 5.47. The van der Waals surface area contributed by atoms with E-state index in [1.165, 1.54) is 22.8 Å². The van der Waals surface area contributed by atoms with Crippen molar-refractivity contribution in [2.45, 2.75) is 6.42 Å². The van der Waals surface area contributed by atoms with Crippen LogP contribution in [0.4, 0.5) is 27.4 Å². The van der Waals surface area contributed by atoms with Crippen LogP contribution < -0.4 is 25.4 Å². The first-order valence-electron chi connectivity index (χ1n) is 10.2. The van der Waals surface area contributed by atoms with Crippen LogP contribution in [0.2, 0.25) is 0 Å². The van der Waals surface area contributed by atoms with Gasteiger partial charge in [-0.2, -0.15) is 9.61 Å². The molecule has 5 rings (SSSR count). The van der Waals surface area contributed by atoms with Gasteiger partial charge < -0.3 is 25.4 Å². The Balaban J connectivity index is 1.43. The van der Waals surface area contributed by atoms with Gasteiger partial charge in [-0.25, -0.2) is 17.8 Å². The number of anilines is 4. The summed E-state index contributed by atoms with van der Waals surface area (Å²) >= 11 is 0. The summed E-state index contributed by atoms with van der Waals surface area (Å²) in [5.74, 6) is 0.654. The topological polar surface area (TPSA) is 136 Å². The van der Waals surface area contributed by atoms with Crippen LogP contribution in [0.3, 0.4) is 0 Å². The van der Waals surface area contributed by atoms with Gasteiger partial charge in [0.1, 0.15) is 36.4 Å². The Morgan fingerprint density at radius 3 is 2.76 bits per heavy atom. The number of fused-ring (bicyclic) bond motifs is 2. The van der Waals surface area contributed by atoms with Crippen LogP contribution in [0.1, 0.15) is 6.42 Å². The molecule has 0 unspecified atom stereocenters. The number of sulfone groups is 1. The summed E-state index contributed by atoms with van der Waals surface area (Å²) in [6, 6.07) is 4.21. The standard InChI is InChI=1S/C20H21FN6O5S/c1-22-17-7-16(24-13-5-12(21)6-15-19(13)32-3-2-31-15)26-20-14(8-23-27(17)20)25-18(28)4-11-9-33(29,30)10-11/h5-8,11,22H,2-4,9-10H2,1H3,(H,24,26)(H,25,28). The molecule has 1 fully saturated rings. The highest BCUT2D eigenvalue weighted by Gasteiger charge is 2.34. The minimum Gasteiger partial charge on any atom is -0.486 e. The number of hydrogen-bond acceptors (Lipinski definition) is 9. The Hall–Kier alpha value is -3.61. The van der Waals surface area contributed by atoms with E-state index >= 15 is 0 Å². The average molecular weight is 476 g/mol. The van der Waals surface area contributed by atoms with Crippen LogP contribution >= 0.6 is 0 Å². The summed E-state index contributed by atoms with van der Waals surface area (Å²) in [7, 11) is -1.29. The summed E-state index contributed by atoms with van der Waals surface area (Å²) in [4.78, 5) is 16.9. The molecular formula is C20H21FN6O5S. The molecule has 3 aromatic rings.